The van der Waals surface area contributed by atoms with Gasteiger partial charge in [-0.2, -0.15) is 0 Å². The summed E-state index contributed by atoms with van der Waals surface area (Å²) in [6.45, 7) is 3.23. The minimum absolute atomic E-state index is 0.594. The van der Waals surface area contributed by atoms with Gasteiger partial charge in [-0.25, -0.2) is 0 Å². The van der Waals surface area contributed by atoms with Crippen LogP contribution < -0.4 is 5.32 Å². The van der Waals surface area contributed by atoms with Gasteiger partial charge in [0.15, 0.2) is 0 Å². The van der Waals surface area contributed by atoms with Crippen molar-refractivity contribution in [2.75, 3.05) is 0 Å². The highest BCUT2D eigenvalue weighted by Crippen LogP contribution is 2.35. The molecule has 1 nitrogen and oxygen atoms in total. The van der Waals surface area contributed by atoms with Gasteiger partial charge in [0.05, 0.1) is 5.02 Å². The molecule has 3 rings (SSSR count). The zero-order valence-electron chi connectivity index (χ0n) is 12.0. The summed E-state index contributed by atoms with van der Waals surface area (Å²) < 4.78 is 1.29. The molecule has 2 aromatic rings. The van der Waals surface area contributed by atoms with Crippen molar-refractivity contribution in [3.8, 4) is 0 Å². The lowest BCUT2D eigenvalue weighted by Gasteiger charge is -2.28. The quantitative estimate of drug-likeness (QED) is 0.773. The topological polar surface area (TPSA) is 12.0 Å². The molecule has 0 spiro atoms. The molecule has 20 heavy (non-hydrogen) atoms. The van der Waals surface area contributed by atoms with Crippen LogP contribution in [0.15, 0.2) is 24.3 Å². The predicted molar refractivity (Wildman–Crippen MR) is 89.7 cm³/mol. The molecule has 1 atom stereocenters. The van der Waals surface area contributed by atoms with E-state index >= 15 is 0 Å². The Balaban J connectivity index is 1.65. The van der Waals surface area contributed by atoms with Crippen LogP contribution in [0, 0.1) is 5.92 Å². The number of fused-ring (bicyclic) bond motifs is 1. The Labute approximate surface area is 130 Å². The molecule has 0 aliphatic heterocycles. The molecule has 1 aromatic heterocycles. The molecule has 1 heterocycles. The van der Waals surface area contributed by atoms with Crippen molar-refractivity contribution in [3.63, 3.8) is 0 Å². The fourth-order valence-electron chi connectivity index (χ4n) is 3.23. The summed E-state index contributed by atoms with van der Waals surface area (Å²) in [6.07, 6.45) is 6.99. The maximum Gasteiger partial charge on any atom is 0.0636 e. The van der Waals surface area contributed by atoms with E-state index in [0.717, 1.165) is 17.5 Å². The molecule has 3 heteroatoms. The molecule has 1 N–H and O–H groups in total. The molecule has 1 aromatic carbocycles. The molecule has 0 bridgehead atoms. The first kappa shape index (κ1) is 14.4. The highest BCUT2D eigenvalue weighted by Gasteiger charge is 2.20. The second-order valence-electron chi connectivity index (χ2n) is 5.90. The van der Waals surface area contributed by atoms with Crippen molar-refractivity contribution in [2.24, 2.45) is 5.92 Å². The zero-order chi connectivity index (χ0) is 13.9. The summed E-state index contributed by atoms with van der Waals surface area (Å²) in [5, 5.41) is 5.83. The molecule has 1 unspecified atom stereocenters. The van der Waals surface area contributed by atoms with Crippen molar-refractivity contribution in [3.05, 3.63) is 34.2 Å². The average molecular weight is 308 g/mol. The monoisotopic (exact) mass is 307 g/mol. The lowest BCUT2D eigenvalue weighted by atomic mass is 9.84. The highest BCUT2D eigenvalue weighted by atomic mass is 35.5. The minimum atomic E-state index is 0.594. The van der Waals surface area contributed by atoms with Gasteiger partial charge in [0, 0.05) is 27.5 Å². The van der Waals surface area contributed by atoms with Crippen LogP contribution in [-0.2, 0) is 6.54 Å². The van der Waals surface area contributed by atoms with Gasteiger partial charge in [0.1, 0.15) is 0 Å². The van der Waals surface area contributed by atoms with Crippen molar-refractivity contribution >= 4 is 33.0 Å². The summed E-state index contributed by atoms with van der Waals surface area (Å²) in [5.74, 6) is 0.844. The van der Waals surface area contributed by atoms with Gasteiger partial charge in [0.2, 0.25) is 0 Å². The van der Waals surface area contributed by atoms with Crippen LogP contribution in [-0.4, -0.2) is 6.04 Å². The Kier molecular flexibility index (Phi) is 4.65. The largest absolute Gasteiger partial charge is 0.309 e. The second-order valence-corrected chi connectivity index (χ2v) is 7.42. The Hall–Kier alpha value is -0.570. The third-order valence-corrected chi connectivity index (χ3v) is 6.26. The summed E-state index contributed by atoms with van der Waals surface area (Å²) in [4.78, 5) is 1.27. The van der Waals surface area contributed by atoms with E-state index in [-0.39, 0.29) is 0 Å². The highest BCUT2D eigenvalue weighted by molar-refractivity contribution is 7.19. The van der Waals surface area contributed by atoms with Gasteiger partial charge in [-0.1, -0.05) is 49.1 Å². The zero-order valence-corrected chi connectivity index (χ0v) is 13.6. The first-order chi connectivity index (χ1) is 9.75. The number of thiophene rings is 1. The van der Waals surface area contributed by atoms with E-state index in [9.17, 15) is 0 Å². The van der Waals surface area contributed by atoms with Gasteiger partial charge in [0.25, 0.3) is 0 Å². The number of hydrogen-bond acceptors (Lipinski definition) is 2. The molecule has 0 amide bonds. The van der Waals surface area contributed by atoms with Gasteiger partial charge < -0.3 is 5.32 Å². The van der Waals surface area contributed by atoms with E-state index in [2.05, 4.69) is 36.5 Å². The van der Waals surface area contributed by atoms with Crippen molar-refractivity contribution in [1.29, 1.82) is 0 Å². The third kappa shape index (κ3) is 3.03. The van der Waals surface area contributed by atoms with E-state index in [0.29, 0.717) is 6.04 Å². The molecule has 1 fully saturated rings. The lowest BCUT2D eigenvalue weighted by Crippen LogP contribution is -2.34. The Morgan fingerprint density at radius 1 is 1.25 bits per heavy atom. The Morgan fingerprint density at radius 2 is 2.00 bits per heavy atom. The van der Waals surface area contributed by atoms with Crippen LogP contribution in [0.3, 0.4) is 0 Å². The Bertz CT molecular complexity index is 571. The van der Waals surface area contributed by atoms with E-state index in [4.69, 9.17) is 11.6 Å². The average Bonchev–Trinajstić information content (AvgIpc) is 2.83. The molecule has 108 valence electrons. The molecular formula is C17H22ClNS. The Morgan fingerprint density at radius 3 is 2.75 bits per heavy atom. The van der Waals surface area contributed by atoms with E-state index in [1.165, 1.54) is 47.1 Å². The molecule has 1 aliphatic rings. The number of nitrogens with one attached hydrogen (secondary N) is 1. The van der Waals surface area contributed by atoms with Crippen molar-refractivity contribution < 1.29 is 0 Å². The van der Waals surface area contributed by atoms with Crippen LogP contribution >= 0.6 is 22.9 Å². The summed E-state index contributed by atoms with van der Waals surface area (Å²) in [7, 11) is 0. The standard InChI is InChI=1S/C17H22ClNS/c1-12(13-7-3-2-4-8-13)19-11-16-17(18)14-9-5-6-10-15(14)20-16/h5-6,9-10,12-13,19H,2-4,7-8,11H2,1H3. The van der Waals surface area contributed by atoms with Gasteiger partial charge in [-0.15, -0.1) is 11.3 Å². The molecule has 0 saturated heterocycles. The fraction of sp³-hybridized carbons (Fsp3) is 0.529. The molecule has 0 radical (unpaired) electrons. The van der Waals surface area contributed by atoms with Crippen molar-refractivity contribution in [1.82, 2.24) is 5.32 Å². The second kappa shape index (κ2) is 6.46. The predicted octanol–water partition coefficient (Wildman–Crippen LogP) is 5.61. The first-order valence-corrected chi connectivity index (χ1v) is 8.84. The number of halogens is 1. The maximum atomic E-state index is 6.50. The number of rotatable bonds is 4. The van der Waals surface area contributed by atoms with E-state index < -0.39 is 0 Å². The third-order valence-electron chi connectivity index (χ3n) is 4.54. The first-order valence-electron chi connectivity index (χ1n) is 7.65. The van der Waals surface area contributed by atoms with Crippen molar-refractivity contribution in [2.45, 2.75) is 51.6 Å². The van der Waals surface area contributed by atoms with Crippen LogP contribution in [0.2, 0.25) is 5.02 Å². The summed E-state index contributed by atoms with van der Waals surface area (Å²) in [6, 6.07) is 9.00. The van der Waals surface area contributed by atoms with Crippen LogP contribution in [0.5, 0.6) is 0 Å². The SMILES string of the molecule is CC(NCc1sc2ccccc2c1Cl)C1CCCCC1. The van der Waals surface area contributed by atoms with Crippen LogP contribution in [0.4, 0.5) is 0 Å². The molecule has 1 aliphatic carbocycles. The lowest BCUT2D eigenvalue weighted by molar-refractivity contribution is 0.281. The van der Waals surface area contributed by atoms with E-state index in [1.54, 1.807) is 0 Å². The summed E-state index contributed by atoms with van der Waals surface area (Å²) >= 11 is 8.31. The molecular weight excluding hydrogens is 286 g/mol. The van der Waals surface area contributed by atoms with Crippen LogP contribution in [0.1, 0.15) is 43.9 Å². The van der Waals surface area contributed by atoms with Gasteiger partial charge >= 0.3 is 0 Å². The number of benzene rings is 1. The van der Waals surface area contributed by atoms with E-state index in [1.807, 2.05) is 11.3 Å². The molecule has 1 saturated carbocycles. The normalized spacial score (nSPS) is 18.5. The fourth-order valence-corrected chi connectivity index (χ4v) is 4.68. The van der Waals surface area contributed by atoms with Crippen LogP contribution in [0.25, 0.3) is 10.1 Å². The minimum Gasteiger partial charge on any atom is -0.309 e. The number of hydrogen-bond donors (Lipinski definition) is 1. The summed E-state index contributed by atoms with van der Waals surface area (Å²) in [5.41, 5.74) is 0. The van der Waals surface area contributed by atoms with Gasteiger partial charge in [-0.3, -0.25) is 0 Å². The smallest absolute Gasteiger partial charge is 0.0636 e. The van der Waals surface area contributed by atoms with Gasteiger partial charge in [-0.05, 0) is 31.7 Å². The maximum absolute atomic E-state index is 6.50.